The molecular formula is C15H11N5O4. The van der Waals surface area contributed by atoms with E-state index in [1.165, 1.54) is 36.7 Å². The quantitative estimate of drug-likeness (QED) is 0.314. The summed E-state index contributed by atoms with van der Waals surface area (Å²) in [6.07, 6.45) is 3.14. The van der Waals surface area contributed by atoms with E-state index < -0.39 is 17.8 Å². The second kappa shape index (κ2) is 6.24. The first-order valence-electron chi connectivity index (χ1n) is 6.89. The number of para-hydroxylation sites is 2. The Labute approximate surface area is 135 Å². The SMILES string of the molecule is O=CC1C(=NNC(=O)c2ccncc2)[N+]([O-])=c2ccccc2=[N+]1[O-]. The van der Waals surface area contributed by atoms with Crippen LogP contribution in [0.5, 0.6) is 0 Å². The number of amidine groups is 1. The largest absolute Gasteiger partial charge is 0.710 e. The van der Waals surface area contributed by atoms with E-state index in [-0.39, 0.29) is 16.3 Å². The summed E-state index contributed by atoms with van der Waals surface area (Å²) < 4.78 is 0.740. The molecule has 1 aromatic heterocycles. The molecule has 1 aliphatic heterocycles. The fourth-order valence-corrected chi connectivity index (χ4v) is 2.22. The van der Waals surface area contributed by atoms with Gasteiger partial charge in [0.25, 0.3) is 11.3 Å². The van der Waals surface area contributed by atoms with Gasteiger partial charge in [-0.1, -0.05) is 12.1 Å². The van der Waals surface area contributed by atoms with Crippen LogP contribution in [0.25, 0.3) is 0 Å². The summed E-state index contributed by atoms with van der Waals surface area (Å²) in [5, 5.41) is 28.4. The second-order valence-corrected chi connectivity index (χ2v) is 4.84. The number of nitrogens with one attached hydrogen (secondary N) is 1. The number of aromatic nitrogens is 1. The fraction of sp³-hybridized carbons (Fsp3) is 0.0667. The van der Waals surface area contributed by atoms with Gasteiger partial charge in [-0.25, -0.2) is 4.74 Å². The van der Waals surface area contributed by atoms with Crippen molar-refractivity contribution in [1.29, 1.82) is 0 Å². The molecule has 9 nitrogen and oxygen atoms in total. The number of hydrogen-bond donors (Lipinski definition) is 1. The molecule has 0 saturated carbocycles. The Morgan fingerprint density at radius 3 is 2.50 bits per heavy atom. The minimum absolute atomic E-state index is 0.0440. The molecule has 0 radical (unpaired) electrons. The van der Waals surface area contributed by atoms with Gasteiger partial charge in [0, 0.05) is 24.0 Å². The maximum atomic E-state index is 12.4. The number of fused-ring (bicyclic) bond motifs is 1. The van der Waals surface area contributed by atoms with Crippen LogP contribution in [-0.4, -0.2) is 29.1 Å². The molecule has 24 heavy (non-hydrogen) atoms. The number of hydrazone groups is 1. The molecule has 0 saturated heterocycles. The molecule has 1 atom stereocenters. The first kappa shape index (κ1) is 15.3. The highest BCUT2D eigenvalue weighted by molar-refractivity contribution is 6.02. The average molecular weight is 325 g/mol. The van der Waals surface area contributed by atoms with Crippen LogP contribution in [0.3, 0.4) is 0 Å². The molecule has 1 aromatic carbocycles. The standard InChI is InChI=1S/C15H11N5O4/c21-9-13-14(17-18-15(22)10-5-7-16-8-6-10)20(24)12-4-2-1-3-11(12)19(13)23/h1-9,13H,(H,18,22). The molecule has 120 valence electrons. The van der Waals surface area contributed by atoms with Gasteiger partial charge in [0.05, 0.1) is 5.10 Å². The van der Waals surface area contributed by atoms with Crippen LogP contribution in [0.4, 0.5) is 0 Å². The molecule has 1 unspecified atom stereocenters. The Bertz CT molecular complexity index is 955. The third-order valence-electron chi connectivity index (χ3n) is 3.41. The summed E-state index contributed by atoms with van der Waals surface area (Å²) in [4.78, 5) is 27.0. The number of carbonyl (C=O) groups is 2. The van der Waals surface area contributed by atoms with Crippen LogP contribution >= 0.6 is 0 Å². The van der Waals surface area contributed by atoms with Crippen molar-refractivity contribution in [1.82, 2.24) is 19.9 Å². The molecule has 0 spiro atoms. The van der Waals surface area contributed by atoms with Crippen LogP contribution in [0.1, 0.15) is 10.4 Å². The molecule has 1 N–H and O–H groups in total. The maximum absolute atomic E-state index is 12.4. The van der Waals surface area contributed by atoms with Gasteiger partial charge in [0.1, 0.15) is 0 Å². The third kappa shape index (κ3) is 2.58. The molecule has 0 fully saturated rings. The van der Waals surface area contributed by atoms with E-state index in [4.69, 9.17) is 0 Å². The van der Waals surface area contributed by atoms with Crippen LogP contribution in [-0.2, 0) is 4.79 Å². The third-order valence-corrected chi connectivity index (χ3v) is 3.41. The molecule has 2 aromatic rings. The van der Waals surface area contributed by atoms with Crippen molar-refractivity contribution in [3.05, 3.63) is 75.5 Å². The lowest BCUT2D eigenvalue weighted by Crippen LogP contribution is -2.60. The number of carbonyl (C=O) groups excluding carboxylic acids is 2. The zero-order chi connectivity index (χ0) is 17.1. The predicted octanol–water partition coefficient (Wildman–Crippen LogP) is -1.62. The summed E-state index contributed by atoms with van der Waals surface area (Å²) in [6.45, 7) is 0. The molecule has 2 heterocycles. The van der Waals surface area contributed by atoms with E-state index in [9.17, 15) is 20.0 Å². The number of amides is 1. The van der Waals surface area contributed by atoms with Crippen LogP contribution in [0.15, 0.2) is 53.9 Å². The van der Waals surface area contributed by atoms with Crippen molar-refractivity contribution < 1.29 is 9.59 Å². The molecule has 3 rings (SSSR count). The summed E-state index contributed by atoms with van der Waals surface area (Å²) >= 11 is 0. The molecule has 0 aliphatic carbocycles. The van der Waals surface area contributed by atoms with Gasteiger partial charge in [-0.05, 0) is 18.2 Å². The highest BCUT2D eigenvalue weighted by atomic mass is 16.5. The normalized spacial score (nSPS) is 18.2. The zero-order valence-electron chi connectivity index (χ0n) is 12.2. The first-order valence-corrected chi connectivity index (χ1v) is 6.89. The van der Waals surface area contributed by atoms with Gasteiger partial charge in [0.15, 0.2) is 0 Å². The number of rotatable bonds is 3. The number of nitrogens with zero attached hydrogens (tertiary/aromatic N) is 4. The zero-order valence-corrected chi connectivity index (χ0v) is 12.2. The van der Waals surface area contributed by atoms with Crippen molar-refractivity contribution in [2.75, 3.05) is 0 Å². The summed E-state index contributed by atoms with van der Waals surface area (Å²) in [5.74, 6) is -1.01. The fourth-order valence-electron chi connectivity index (χ4n) is 2.22. The lowest BCUT2D eigenvalue weighted by atomic mass is 10.2. The number of hydroxylamine groups is 2. The number of aldehydes is 1. The van der Waals surface area contributed by atoms with E-state index >= 15 is 0 Å². The number of benzene rings is 1. The van der Waals surface area contributed by atoms with E-state index in [1.807, 2.05) is 0 Å². The van der Waals surface area contributed by atoms with Crippen LogP contribution < -0.4 is 25.6 Å². The van der Waals surface area contributed by atoms with Crippen LogP contribution in [0, 0.1) is 10.4 Å². The predicted molar refractivity (Wildman–Crippen MR) is 83.9 cm³/mol. The monoisotopic (exact) mass is 325 g/mol. The lowest BCUT2D eigenvalue weighted by Gasteiger charge is -2.17. The minimum Gasteiger partial charge on any atom is -0.710 e. The smallest absolute Gasteiger partial charge is 0.405 e. The van der Waals surface area contributed by atoms with Gasteiger partial charge < -0.3 is 10.4 Å². The van der Waals surface area contributed by atoms with Crippen molar-refractivity contribution in [3.8, 4) is 0 Å². The Hall–Kier alpha value is -3.62. The van der Waals surface area contributed by atoms with Crippen molar-refractivity contribution in [2.24, 2.45) is 5.10 Å². The summed E-state index contributed by atoms with van der Waals surface area (Å²) in [6, 6.07) is 7.47. The first-order chi connectivity index (χ1) is 11.6. The highest BCUT2D eigenvalue weighted by Gasteiger charge is 2.36. The second-order valence-electron chi connectivity index (χ2n) is 4.84. The highest BCUT2D eigenvalue weighted by Crippen LogP contribution is 1.97. The Kier molecular flexibility index (Phi) is 3.98. The topological polar surface area (TPSA) is 124 Å². The van der Waals surface area contributed by atoms with Gasteiger partial charge >= 0.3 is 11.9 Å². The number of hydrogen-bond acceptors (Lipinski definition) is 6. The molecule has 1 aliphatic rings. The average Bonchev–Trinajstić information content (AvgIpc) is 2.64. The molecule has 9 heteroatoms. The summed E-state index contributed by atoms with van der Waals surface area (Å²) in [7, 11) is 0. The molecule has 1 amide bonds. The maximum Gasteiger partial charge on any atom is 0.405 e. The van der Waals surface area contributed by atoms with Crippen LogP contribution in [0.2, 0.25) is 0 Å². The van der Waals surface area contributed by atoms with Gasteiger partial charge in [0.2, 0.25) is 11.6 Å². The van der Waals surface area contributed by atoms with Gasteiger partial charge in [-0.3, -0.25) is 14.6 Å². The van der Waals surface area contributed by atoms with Gasteiger partial charge in [-0.15, -0.1) is 5.43 Å². The molecule has 0 bridgehead atoms. The van der Waals surface area contributed by atoms with Crippen molar-refractivity contribution in [3.63, 3.8) is 0 Å². The Morgan fingerprint density at radius 2 is 1.83 bits per heavy atom. The Morgan fingerprint density at radius 1 is 1.17 bits per heavy atom. The van der Waals surface area contributed by atoms with E-state index in [1.54, 1.807) is 12.1 Å². The number of pyridine rings is 1. The lowest BCUT2D eigenvalue weighted by molar-refractivity contribution is -0.108. The summed E-state index contributed by atoms with van der Waals surface area (Å²) in [5.41, 5.74) is 2.44. The minimum atomic E-state index is -1.45. The van der Waals surface area contributed by atoms with E-state index in [0.717, 1.165) is 0 Å². The van der Waals surface area contributed by atoms with Crippen molar-refractivity contribution >= 4 is 18.0 Å². The van der Waals surface area contributed by atoms with E-state index in [0.29, 0.717) is 15.8 Å². The van der Waals surface area contributed by atoms with E-state index in [2.05, 4.69) is 15.5 Å². The van der Waals surface area contributed by atoms with Gasteiger partial charge in [-0.2, -0.15) is 4.74 Å². The Balaban J connectivity index is 2.03. The van der Waals surface area contributed by atoms with Crippen molar-refractivity contribution in [2.45, 2.75) is 6.04 Å². The molecular weight excluding hydrogens is 314 g/mol.